The molecule has 12 rings (SSSR count). The molecule has 0 fully saturated rings. The van der Waals surface area contributed by atoms with E-state index in [0.717, 1.165) is 118 Å². The number of halogens is 30. The molecule has 3 nitrogen and oxygen atoms in total. The van der Waals surface area contributed by atoms with Crippen molar-refractivity contribution in [3.05, 3.63) is 268 Å². The Labute approximate surface area is 596 Å². The zero-order valence-electron chi connectivity index (χ0n) is 53.9. The van der Waals surface area contributed by atoms with E-state index in [0.29, 0.717) is 0 Å². The number of rotatable bonds is 10. The third-order valence-corrected chi connectivity index (χ3v) is 17.6. The number of allylic oxidation sites excluding steroid dienone is 5. The minimum Gasteiger partial charge on any atom is -0.309 e. The summed E-state index contributed by atoms with van der Waals surface area (Å²) in [5.41, 5.74) is -27.7. The van der Waals surface area contributed by atoms with Gasteiger partial charge in [0, 0.05) is 38.7 Å². The summed E-state index contributed by atoms with van der Waals surface area (Å²) in [6.45, 7) is 3.05. The first-order chi connectivity index (χ1) is 50.7. The Bertz CT molecular complexity index is 5450. The molecule has 33 heteroatoms. The molecule has 0 amide bonds. The Morgan fingerprint density at radius 1 is 0.300 bits per heavy atom. The van der Waals surface area contributed by atoms with E-state index in [1.807, 2.05) is 6.07 Å². The van der Waals surface area contributed by atoms with Crippen LogP contribution >= 0.6 is 0 Å². The lowest BCUT2D eigenvalue weighted by Crippen LogP contribution is -2.11. The van der Waals surface area contributed by atoms with Crippen molar-refractivity contribution in [2.45, 2.75) is 61.8 Å². The average Bonchev–Trinajstić information content (AvgIpc) is 1.56. The fraction of sp³-hybridized carbons (Fsp3) is 0.130. The van der Waals surface area contributed by atoms with Crippen molar-refractivity contribution in [1.29, 1.82) is 5.26 Å². The highest BCUT2D eigenvalue weighted by Gasteiger charge is 2.43. The van der Waals surface area contributed by atoms with Crippen molar-refractivity contribution in [1.82, 2.24) is 9.13 Å². The molecule has 2 heterocycles. The smallest absolute Gasteiger partial charge is 0.309 e. The molecule has 0 unspecified atom stereocenters. The summed E-state index contributed by atoms with van der Waals surface area (Å²) < 4.78 is 438. The van der Waals surface area contributed by atoms with Crippen LogP contribution in [-0.4, -0.2) is 21.5 Å². The number of nitrogens with zero attached hydrogens (tertiary/aromatic N) is 3. The van der Waals surface area contributed by atoms with Gasteiger partial charge >= 0.3 is 61.8 Å². The van der Waals surface area contributed by atoms with E-state index < -0.39 is 202 Å². The largest absolute Gasteiger partial charge is 0.416 e. The van der Waals surface area contributed by atoms with Gasteiger partial charge in [-0.05, 0) is 207 Å². The van der Waals surface area contributed by atoms with Crippen LogP contribution in [0.4, 0.5) is 132 Å². The van der Waals surface area contributed by atoms with E-state index in [1.165, 1.54) is 0 Å². The van der Waals surface area contributed by atoms with Gasteiger partial charge in [0.2, 0.25) is 0 Å². The number of hydrogen-bond acceptors (Lipinski definition) is 1. The summed E-state index contributed by atoms with van der Waals surface area (Å²) in [6, 6.07) is 20.2. The second kappa shape index (κ2) is 26.6. The molecule has 110 heavy (non-hydrogen) atoms. The van der Waals surface area contributed by atoms with Crippen molar-refractivity contribution in [2.75, 3.05) is 0 Å². The molecule has 0 saturated heterocycles. The molecule has 0 aliphatic carbocycles. The first kappa shape index (κ1) is 78.0. The number of aromatic nitrogens is 2. The number of alkyl halides is 30. The summed E-state index contributed by atoms with van der Waals surface area (Å²) in [6.07, 6.45) is -55.4. The van der Waals surface area contributed by atoms with Crippen LogP contribution in [-0.2, 0) is 49.4 Å². The molecule has 0 aliphatic rings. The van der Waals surface area contributed by atoms with Gasteiger partial charge < -0.3 is 9.13 Å². The van der Waals surface area contributed by atoms with Crippen molar-refractivity contribution in [3.63, 3.8) is 0 Å². The minimum absolute atomic E-state index is 0.00922. The van der Waals surface area contributed by atoms with Crippen molar-refractivity contribution >= 4 is 49.2 Å². The molecule has 0 atom stereocenters. The monoisotopic (exact) mass is 1570 g/mol. The molecule has 568 valence electrons. The van der Waals surface area contributed by atoms with Crippen molar-refractivity contribution in [3.8, 4) is 73.1 Å². The number of fused-ring (bicyclic) bond motifs is 6. The van der Waals surface area contributed by atoms with Crippen LogP contribution in [0.2, 0.25) is 0 Å². The van der Waals surface area contributed by atoms with Gasteiger partial charge in [-0.15, -0.1) is 0 Å². The molecule has 0 aliphatic heterocycles. The third kappa shape index (κ3) is 15.6. The normalized spacial score (nSPS) is 13.7. The lowest BCUT2D eigenvalue weighted by molar-refractivity contribution is -0.144. The van der Waals surface area contributed by atoms with Gasteiger partial charge in [-0.2, -0.15) is 137 Å². The summed E-state index contributed by atoms with van der Waals surface area (Å²) in [7, 11) is 0. The highest BCUT2D eigenvalue weighted by molar-refractivity contribution is 6.14. The Kier molecular flexibility index (Phi) is 18.9. The summed E-state index contributed by atoms with van der Waals surface area (Å²) >= 11 is 0. The zero-order valence-corrected chi connectivity index (χ0v) is 53.9. The second-order valence-electron chi connectivity index (χ2n) is 24.8. The van der Waals surface area contributed by atoms with Gasteiger partial charge in [0.15, 0.2) is 0 Å². The predicted octanol–water partition coefficient (Wildman–Crippen LogP) is 27.9. The molecule has 0 spiro atoms. The number of hydrogen-bond donors (Lipinski definition) is 0. The average molecular weight is 1570 g/mol. The quantitative estimate of drug-likeness (QED) is 0.0992. The Hall–Kier alpha value is -11.6. The second-order valence-corrected chi connectivity index (χ2v) is 24.8. The summed E-state index contributed by atoms with van der Waals surface area (Å²) in [5.74, 6) is 0. The standard InChI is InChI=1S/C77H35F30N3/c1-2-47(69(81,82)83)24-46(34-68(78,79)80)41-8-14-62(109-63-10-4-37(42-16-48(70(84,85)86)30-49(17-42)71(87,88)89)25-58(63)59-26-38(5-11-64(59)109)43-18-50(72(90,91)92)31-51(19-43)73(93,94)95)57(29-41)56-9-3-36(35-108)15-67(56)110-65-12-6-39(44-20-52(74(96,97)98)32-53(21-44)75(99,100)101)27-60(65)61-28-40(7-13-66(61)110)45-22-54(76(102,103)104)33-55(23-45)77(105,106)107/h2-34H,1H2/b46-34+,47-24+. The Morgan fingerprint density at radius 2 is 0.591 bits per heavy atom. The minimum atomic E-state index is -5.53. The SMILES string of the molecule is C=C/C(=C\C(=C/C(F)(F)F)c1ccc(-n2c3ccc(-c4cc(C(F)(F)F)cc(C(F)(F)F)c4)cc3c3cc(-c4cc(C(F)(F)F)cc(C(F)(F)F)c4)ccc32)c(-c2ccc(C#N)cc2-n2c3ccc(-c4cc(C(F)(F)F)cc(C(F)(F)F)c4)cc3c3cc(-c4cc(C(F)(F)F)cc(C(F)(F)F)c4)ccc32)c1)C(F)(F)F. The Morgan fingerprint density at radius 3 is 0.845 bits per heavy atom. The fourth-order valence-corrected chi connectivity index (χ4v) is 12.7. The first-order valence-corrected chi connectivity index (χ1v) is 30.9. The molecular formula is C77H35F30N3. The van der Waals surface area contributed by atoms with E-state index in [9.17, 15) is 137 Å². The highest BCUT2D eigenvalue weighted by Crippen LogP contribution is 2.50. The zero-order chi connectivity index (χ0) is 80.7. The van der Waals surface area contributed by atoms with E-state index in [4.69, 9.17) is 0 Å². The van der Waals surface area contributed by atoms with Gasteiger partial charge in [0.1, 0.15) is 0 Å². The van der Waals surface area contributed by atoms with E-state index in [1.54, 1.807) is 0 Å². The molecule has 0 radical (unpaired) electrons. The van der Waals surface area contributed by atoms with E-state index in [2.05, 4.69) is 6.58 Å². The van der Waals surface area contributed by atoms with E-state index in [-0.39, 0.29) is 129 Å². The van der Waals surface area contributed by atoms with Crippen molar-refractivity contribution in [2.24, 2.45) is 0 Å². The highest BCUT2D eigenvalue weighted by atomic mass is 19.4. The third-order valence-electron chi connectivity index (χ3n) is 17.6. The molecule has 2 aromatic heterocycles. The van der Waals surface area contributed by atoms with Crippen LogP contribution in [0, 0.1) is 11.3 Å². The molecular weight excluding hydrogens is 1540 g/mol. The number of nitriles is 1. The maximum absolute atomic E-state index is 14.9. The molecule has 0 N–H and O–H groups in total. The lowest BCUT2D eigenvalue weighted by Gasteiger charge is -2.21. The van der Waals surface area contributed by atoms with Crippen molar-refractivity contribution < 1.29 is 132 Å². The summed E-state index contributed by atoms with van der Waals surface area (Å²) in [4.78, 5) is 0. The van der Waals surface area contributed by atoms with Gasteiger partial charge in [-0.25, -0.2) is 0 Å². The van der Waals surface area contributed by atoms with Crippen LogP contribution < -0.4 is 0 Å². The molecule has 0 saturated carbocycles. The van der Waals surface area contributed by atoms with Crippen LogP contribution in [0.3, 0.4) is 0 Å². The van der Waals surface area contributed by atoms with Gasteiger partial charge in [0.05, 0.1) is 95.2 Å². The van der Waals surface area contributed by atoms with E-state index >= 15 is 0 Å². The first-order valence-electron chi connectivity index (χ1n) is 30.9. The maximum atomic E-state index is 14.9. The Balaban J connectivity index is 1.24. The topological polar surface area (TPSA) is 33.6 Å². The molecule has 12 aromatic rings. The van der Waals surface area contributed by atoms with Crippen LogP contribution in [0.1, 0.15) is 55.6 Å². The van der Waals surface area contributed by atoms with Crippen LogP contribution in [0.5, 0.6) is 0 Å². The molecule has 10 aromatic carbocycles. The van der Waals surface area contributed by atoms with Gasteiger partial charge in [-0.3, -0.25) is 0 Å². The number of benzene rings is 10. The maximum Gasteiger partial charge on any atom is 0.416 e. The lowest BCUT2D eigenvalue weighted by atomic mass is 9.93. The van der Waals surface area contributed by atoms with Crippen LogP contribution in [0.25, 0.3) is 116 Å². The van der Waals surface area contributed by atoms with Gasteiger partial charge in [-0.1, -0.05) is 49.1 Å². The van der Waals surface area contributed by atoms with Gasteiger partial charge in [0.25, 0.3) is 0 Å². The summed E-state index contributed by atoms with van der Waals surface area (Å²) in [5, 5.41) is 9.23. The fourth-order valence-electron chi connectivity index (χ4n) is 12.7. The molecule has 0 bridgehead atoms. The predicted molar refractivity (Wildman–Crippen MR) is 345 cm³/mol. The van der Waals surface area contributed by atoms with Crippen LogP contribution in [0.15, 0.2) is 212 Å².